The van der Waals surface area contributed by atoms with Gasteiger partial charge in [-0.2, -0.15) is 0 Å². The minimum Gasteiger partial charge on any atom is -0.390 e. The number of hydrogen-bond acceptors (Lipinski definition) is 1. The average Bonchev–Trinajstić information content (AvgIpc) is 2.32. The molecular weight excluding hydrogens is 244 g/mol. The van der Waals surface area contributed by atoms with Gasteiger partial charge in [0.15, 0.2) is 0 Å². The van der Waals surface area contributed by atoms with E-state index in [9.17, 15) is 5.11 Å². The van der Waals surface area contributed by atoms with Gasteiger partial charge >= 0.3 is 0 Å². The van der Waals surface area contributed by atoms with Crippen molar-refractivity contribution in [1.82, 2.24) is 0 Å². The third kappa shape index (κ3) is 3.49. The Hall–Kier alpha value is -0.530. The summed E-state index contributed by atoms with van der Waals surface area (Å²) in [6.45, 7) is 4.30. The second-order valence-corrected chi connectivity index (χ2v) is 6.55. The van der Waals surface area contributed by atoms with Crippen molar-refractivity contribution in [2.75, 3.05) is 0 Å². The molecular formula is C16H23ClO. The number of hydrogen-bond donors (Lipinski definition) is 1. The van der Waals surface area contributed by atoms with Gasteiger partial charge < -0.3 is 5.11 Å². The molecule has 1 aliphatic carbocycles. The summed E-state index contributed by atoms with van der Waals surface area (Å²) in [6.07, 6.45) is 5.54. The smallest absolute Gasteiger partial charge is 0.0687 e. The first-order valence-corrected chi connectivity index (χ1v) is 7.32. The van der Waals surface area contributed by atoms with Gasteiger partial charge in [0, 0.05) is 11.4 Å². The standard InChI is InChI=1S/C16H23ClO/c1-12-3-7-14(8-4-12)16(2,18)11-13-5-9-15(17)10-6-13/h5-6,9-10,12,14,18H,3-4,7-8,11H2,1-2H3. The Labute approximate surface area is 115 Å². The third-order valence-electron chi connectivity index (χ3n) is 4.37. The highest BCUT2D eigenvalue weighted by molar-refractivity contribution is 6.30. The molecule has 1 fully saturated rings. The molecule has 1 aromatic rings. The average molecular weight is 267 g/mol. The maximum Gasteiger partial charge on any atom is 0.0687 e. The number of aliphatic hydroxyl groups is 1. The Kier molecular flexibility index (Phi) is 4.34. The van der Waals surface area contributed by atoms with Crippen molar-refractivity contribution in [1.29, 1.82) is 0 Å². The highest BCUT2D eigenvalue weighted by atomic mass is 35.5. The Morgan fingerprint density at radius 3 is 2.28 bits per heavy atom. The van der Waals surface area contributed by atoms with Crippen LogP contribution in [-0.4, -0.2) is 10.7 Å². The number of benzene rings is 1. The van der Waals surface area contributed by atoms with Crippen LogP contribution in [0.3, 0.4) is 0 Å². The van der Waals surface area contributed by atoms with Crippen LogP contribution in [0.5, 0.6) is 0 Å². The second-order valence-electron chi connectivity index (χ2n) is 6.12. The number of rotatable bonds is 3. The summed E-state index contributed by atoms with van der Waals surface area (Å²) in [5.74, 6) is 1.26. The van der Waals surface area contributed by atoms with Gasteiger partial charge in [-0.25, -0.2) is 0 Å². The lowest BCUT2D eigenvalue weighted by Gasteiger charge is -2.37. The summed E-state index contributed by atoms with van der Waals surface area (Å²) >= 11 is 5.89. The zero-order valence-electron chi connectivity index (χ0n) is 11.3. The molecule has 1 N–H and O–H groups in total. The summed E-state index contributed by atoms with van der Waals surface area (Å²) in [6, 6.07) is 7.83. The molecule has 100 valence electrons. The Morgan fingerprint density at radius 1 is 1.17 bits per heavy atom. The van der Waals surface area contributed by atoms with Crippen molar-refractivity contribution in [3.05, 3.63) is 34.9 Å². The van der Waals surface area contributed by atoms with Crippen LogP contribution in [0.4, 0.5) is 0 Å². The van der Waals surface area contributed by atoms with E-state index in [0.717, 1.165) is 30.2 Å². The summed E-state index contributed by atoms with van der Waals surface area (Å²) in [4.78, 5) is 0. The summed E-state index contributed by atoms with van der Waals surface area (Å²) < 4.78 is 0. The molecule has 1 unspecified atom stereocenters. The van der Waals surface area contributed by atoms with E-state index in [1.807, 2.05) is 31.2 Å². The van der Waals surface area contributed by atoms with Crippen LogP contribution < -0.4 is 0 Å². The molecule has 0 heterocycles. The van der Waals surface area contributed by atoms with Gasteiger partial charge in [0.2, 0.25) is 0 Å². The Morgan fingerprint density at radius 2 is 1.72 bits per heavy atom. The predicted molar refractivity (Wildman–Crippen MR) is 76.9 cm³/mol. The minimum atomic E-state index is -0.589. The molecule has 1 aliphatic rings. The van der Waals surface area contributed by atoms with Gasteiger partial charge in [-0.05, 0) is 49.3 Å². The van der Waals surface area contributed by atoms with Gasteiger partial charge in [0.05, 0.1) is 5.60 Å². The molecule has 0 spiro atoms. The van der Waals surface area contributed by atoms with Crippen molar-refractivity contribution in [2.24, 2.45) is 11.8 Å². The van der Waals surface area contributed by atoms with Gasteiger partial charge in [0.1, 0.15) is 0 Å². The predicted octanol–water partition coefficient (Wildman–Crippen LogP) is 4.46. The van der Waals surface area contributed by atoms with Crippen LogP contribution in [0.25, 0.3) is 0 Å². The van der Waals surface area contributed by atoms with E-state index in [2.05, 4.69) is 6.92 Å². The quantitative estimate of drug-likeness (QED) is 0.856. The molecule has 1 atom stereocenters. The molecule has 2 heteroatoms. The maximum absolute atomic E-state index is 10.7. The van der Waals surface area contributed by atoms with E-state index in [1.54, 1.807) is 0 Å². The lowest BCUT2D eigenvalue weighted by molar-refractivity contribution is -0.0208. The fourth-order valence-corrected chi connectivity index (χ4v) is 3.17. The second kappa shape index (κ2) is 5.63. The van der Waals surface area contributed by atoms with Crippen LogP contribution in [0.15, 0.2) is 24.3 Å². The zero-order chi connectivity index (χ0) is 13.2. The fraction of sp³-hybridized carbons (Fsp3) is 0.625. The van der Waals surface area contributed by atoms with Crippen molar-refractivity contribution in [3.63, 3.8) is 0 Å². The molecule has 1 aromatic carbocycles. The fourth-order valence-electron chi connectivity index (χ4n) is 3.04. The van der Waals surface area contributed by atoms with Crippen LogP contribution in [-0.2, 0) is 6.42 Å². The number of halogens is 1. The van der Waals surface area contributed by atoms with Gasteiger partial charge in [-0.3, -0.25) is 0 Å². The lowest BCUT2D eigenvalue weighted by Crippen LogP contribution is -2.38. The van der Waals surface area contributed by atoms with Gasteiger partial charge in [-0.1, -0.05) is 43.5 Å². The van der Waals surface area contributed by atoms with Crippen molar-refractivity contribution in [3.8, 4) is 0 Å². The van der Waals surface area contributed by atoms with E-state index in [0.29, 0.717) is 5.92 Å². The molecule has 0 aliphatic heterocycles. The molecule has 0 bridgehead atoms. The van der Waals surface area contributed by atoms with Crippen molar-refractivity contribution in [2.45, 2.75) is 51.6 Å². The van der Waals surface area contributed by atoms with Crippen LogP contribution in [0, 0.1) is 11.8 Å². The third-order valence-corrected chi connectivity index (χ3v) is 4.62. The Bertz CT molecular complexity index is 375. The van der Waals surface area contributed by atoms with E-state index in [1.165, 1.54) is 18.4 Å². The van der Waals surface area contributed by atoms with Crippen LogP contribution in [0.1, 0.15) is 45.1 Å². The van der Waals surface area contributed by atoms with E-state index < -0.39 is 5.60 Å². The van der Waals surface area contributed by atoms with E-state index in [4.69, 9.17) is 11.6 Å². The Balaban J connectivity index is 2.00. The molecule has 18 heavy (non-hydrogen) atoms. The first-order valence-electron chi connectivity index (χ1n) is 6.94. The molecule has 0 radical (unpaired) electrons. The van der Waals surface area contributed by atoms with Crippen molar-refractivity contribution >= 4 is 11.6 Å². The molecule has 0 amide bonds. The highest BCUT2D eigenvalue weighted by Crippen LogP contribution is 2.36. The van der Waals surface area contributed by atoms with Crippen molar-refractivity contribution < 1.29 is 5.11 Å². The largest absolute Gasteiger partial charge is 0.390 e. The monoisotopic (exact) mass is 266 g/mol. The first kappa shape index (κ1) is 13.9. The zero-order valence-corrected chi connectivity index (χ0v) is 12.1. The van der Waals surface area contributed by atoms with E-state index >= 15 is 0 Å². The molecule has 1 nitrogen and oxygen atoms in total. The summed E-state index contributed by atoms with van der Waals surface area (Å²) in [7, 11) is 0. The summed E-state index contributed by atoms with van der Waals surface area (Å²) in [5, 5.41) is 11.5. The lowest BCUT2D eigenvalue weighted by atomic mass is 9.72. The minimum absolute atomic E-state index is 0.435. The molecule has 0 aromatic heterocycles. The normalized spacial score (nSPS) is 27.8. The van der Waals surface area contributed by atoms with Crippen LogP contribution >= 0.6 is 11.6 Å². The van der Waals surface area contributed by atoms with Gasteiger partial charge in [0.25, 0.3) is 0 Å². The van der Waals surface area contributed by atoms with Crippen LogP contribution in [0.2, 0.25) is 5.02 Å². The SMILES string of the molecule is CC1CCC(C(C)(O)Cc2ccc(Cl)cc2)CC1. The first-order chi connectivity index (χ1) is 8.47. The highest BCUT2D eigenvalue weighted by Gasteiger charge is 2.34. The van der Waals surface area contributed by atoms with Gasteiger partial charge in [-0.15, -0.1) is 0 Å². The molecule has 1 saturated carbocycles. The summed E-state index contributed by atoms with van der Waals surface area (Å²) in [5.41, 5.74) is 0.580. The topological polar surface area (TPSA) is 20.2 Å². The molecule has 2 rings (SSSR count). The van der Waals surface area contributed by atoms with E-state index in [-0.39, 0.29) is 0 Å². The maximum atomic E-state index is 10.7. The molecule has 0 saturated heterocycles.